The van der Waals surface area contributed by atoms with Gasteiger partial charge in [-0.15, -0.1) is 0 Å². The Morgan fingerprint density at radius 2 is 0.590 bits per heavy atom. The number of benzene rings is 3. The van der Waals surface area contributed by atoms with E-state index in [0.29, 0.717) is 0 Å². The predicted molar refractivity (Wildman–Crippen MR) is 186 cm³/mol. The summed E-state index contributed by atoms with van der Waals surface area (Å²) in [6, 6.07) is 29.1. The maximum atomic E-state index is 13.8. The summed E-state index contributed by atoms with van der Waals surface area (Å²) in [5.74, 6) is 0. The van der Waals surface area contributed by atoms with Gasteiger partial charge in [0.2, 0.25) is 0 Å². The minimum absolute atomic E-state index is 0. The van der Waals surface area contributed by atoms with Crippen LogP contribution < -0.4 is 15.9 Å². The normalized spacial score (nSPS) is 12.2. The van der Waals surface area contributed by atoms with Crippen LogP contribution in [0.15, 0.2) is 91.0 Å². The van der Waals surface area contributed by atoms with Crippen molar-refractivity contribution in [3.8, 4) is 0 Å². The van der Waals surface area contributed by atoms with E-state index >= 15 is 0 Å². The SMILES string of the molecule is C[Si](C)(C)[N-][Si](C)(C)C.C[Si](C)(C)[N-][Si](C)(C)C.O=P(c1ccccc1)(c1ccccc1)c1ccccc1.[Fe+2]. The fourth-order valence-corrected chi connectivity index (χ4v) is 23.1. The van der Waals surface area contributed by atoms with Gasteiger partial charge in [0, 0.05) is 15.9 Å². The molecule has 3 aromatic carbocycles. The van der Waals surface area contributed by atoms with Gasteiger partial charge < -0.3 is 13.9 Å². The minimum Gasteiger partial charge on any atom is -0.668 e. The van der Waals surface area contributed by atoms with E-state index in [2.05, 4.69) is 78.6 Å². The van der Waals surface area contributed by atoms with Crippen LogP contribution in [-0.2, 0) is 21.6 Å². The molecule has 0 atom stereocenters. The fourth-order valence-electron chi connectivity index (χ4n) is 4.37. The van der Waals surface area contributed by atoms with E-state index in [1.165, 1.54) is 0 Å². The van der Waals surface area contributed by atoms with Crippen molar-refractivity contribution < 1.29 is 21.6 Å². The molecule has 3 aromatic rings. The van der Waals surface area contributed by atoms with Crippen molar-refractivity contribution in [2.24, 2.45) is 0 Å². The molecule has 0 saturated heterocycles. The largest absolute Gasteiger partial charge is 2.00 e. The Morgan fingerprint density at radius 1 is 0.410 bits per heavy atom. The van der Waals surface area contributed by atoms with Crippen LogP contribution in [-0.4, -0.2) is 32.9 Å². The van der Waals surface area contributed by atoms with Gasteiger partial charge in [0.05, 0.1) is 0 Å². The Bertz CT molecular complexity index is 970. The third kappa shape index (κ3) is 16.3. The van der Waals surface area contributed by atoms with Crippen LogP contribution in [0.5, 0.6) is 0 Å². The van der Waals surface area contributed by atoms with Crippen LogP contribution >= 0.6 is 7.14 Å². The topological polar surface area (TPSA) is 45.3 Å². The second-order valence-corrected chi connectivity index (χ2v) is 35.4. The van der Waals surface area contributed by atoms with E-state index in [0.717, 1.165) is 15.9 Å². The molecular formula is C30H51FeN2OPSi4. The fraction of sp³-hybridized carbons (Fsp3) is 0.400. The van der Waals surface area contributed by atoms with Crippen molar-refractivity contribution in [2.75, 3.05) is 0 Å². The second-order valence-electron chi connectivity index (χ2n) is 13.5. The summed E-state index contributed by atoms with van der Waals surface area (Å²) >= 11 is 0. The Morgan fingerprint density at radius 3 is 0.718 bits per heavy atom. The van der Waals surface area contributed by atoms with Crippen molar-refractivity contribution in [3.05, 3.63) is 100 Å². The van der Waals surface area contributed by atoms with E-state index in [9.17, 15) is 4.57 Å². The average molecular weight is 655 g/mol. The van der Waals surface area contributed by atoms with Gasteiger partial charge in [0.1, 0.15) is 0 Å². The van der Waals surface area contributed by atoms with Crippen molar-refractivity contribution >= 4 is 56.0 Å². The molecule has 216 valence electrons. The summed E-state index contributed by atoms with van der Waals surface area (Å²) in [5.41, 5.74) is 0. The van der Waals surface area contributed by atoms with Gasteiger partial charge in [0.25, 0.3) is 0 Å². The summed E-state index contributed by atoms with van der Waals surface area (Å²) in [7, 11) is -7.20. The van der Waals surface area contributed by atoms with Gasteiger partial charge in [-0.05, 0) is 0 Å². The second kappa shape index (κ2) is 16.0. The monoisotopic (exact) mass is 654 g/mol. The number of hydrogen-bond donors (Lipinski definition) is 0. The molecule has 9 heteroatoms. The molecule has 0 N–H and O–H groups in total. The quantitative estimate of drug-likeness (QED) is 0.185. The molecule has 0 amide bonds. The van der Waals surface area contributed by atoms with E-state index < -0.39 is 40.1 Å². The van der Waals surface area contributed by atoms with Crippen molar-refractivity contribution in [1.82, 2.24) is 0 Å². The van der Waals surface area contributed by atoms with E-state index in [1.807, 2.05) is 91.0 Å². The molecule has 0 bridgehead atoms. The number of rotatable bonds is 7. The molecule has 0 saturated carbocycles. The molecule has 0 aliphatic rings. The van der Waals surface area contributed by atoms with Crippen LogP contribution in [0.25, 0.3) is 9.30 Å². The van der Waals surface area contributed by atoms with Gasteiger partial charge >= 0.3 is 17.1 Å². The molecule has 39 heavy (non-hydrogen) atoms. The third-order valence-electron chi connectivity index (χ3n) is 4.70. The van der Waals surface area contributed by atoms with E-state index in [1.54, 1.807) is 0 Å². The van der Waals surface area contributed by atoms with Crippen LogP contribution in [0, 0.1) is 0 Å². The van der Waals surface area contributed by atoms with E-state index in [4.69, 9.17) is 9.30 Å². The van der Waals surface area contributed by atoms with Gasteiger partial charge in [-0.25, -0.2) is 0 Å². The molecule has 3 nitrogen and oxygen atoms in total. The van der Waals surface area contributed by atoms with Crippen molar-refractivity contribution in [2.45, 2.75) is 78.6 Å². The molecule has 3 rings (SSSR count). The molecule has 0 aromatic heterocycles. The predicted octanol–water partition coefficient (Wildman–Crippen LogP) is 9.38. The van der Waals surface area contributed by atoms with Gasteiger partial charge in [-0.1, -0.05) is 203 Å². The zero-order chi connectivity index (χ0) is 29.3. The van der Waals surface area contributed by atoms with Gasteiger partial charge in [-0.2, -0.15) is 0 Å². The number of hydrogen-bond acceptors (Lipinski definition) is 1. The number of nitrogens with zero attached hydrogens (tertiary/aromatic N) is 2. The first-order chi connectivity index (χ1) is 17.2. The van der Waals surface area contributed by atoms with Crippen molar-refractivity contribution in [3.63, 3.8) is 0 Å². The maximum Gasteiger partial charge on any atom is 2.00 e. The first-order valence-electron chi connectivity index (χ1n) is 13.5. The molecule has 0 aliphatic heterocycles. The van der Waals surface area contributed by atoms with Crippen LogP contribution in [0.3, 0.4) is 0 Å². The Balaban J connectivity index is 0.000000643. The molecule has 0 heterocycles. The summed E-state index contributed by atoms with van der Waals surface area (Å²) in [6.07, 6.45) is 0. The van der Waals surface area contributed by atoms with Crippen LogP contribution in [0.4, 0.5) is 0 Å². The summed E-state index contributed by atoms with van der Waals surface area (Å²) in [5, 5.41) is 2.62. The zero-order valence-electron chi connectivity index (χ0n) is 26.3. The molecule has 0 aliphatic carbocycles. The first-order valence-corrected chi connectivity index (χ1v) is 29.0. The third-order valence-corrected chi connectivity index (χ3v) is 18.5. The van der Waals surface area contributed by atoms with Crippen LogP contribution in [0.2, 0.25) is 78.6 Å². The molecular weight excluding hydrogens is 604 g/mol. The van der Waals surface area contributed by atoms with Crippen molar-refractivity contribution in [1.29, 1.82) is 0 Å². The molecule has 0 fully saturated rings. The molecule has 0 spiro atoms. The summed E-state index contributed by atoms with van der Waals surface area (Å²) in [6.45, 7) is 27.6. The van der Waals surface area contributed by atoms with Gasteiger partial charge in [0.15, 0.2) is 7.14 Å². The summed E-state index contributed by atoms with van der Waals surface area (Å²) < 4.78 is 23.5. The molecule has 0 unspecified atom stereocenters. The zero-order valence-corrected chi connectivity index (χ0v) is 32.3. The first kappa shape index (κ1) is 38.2. The Labute approximate surface area is 255 Å². The average Bonchev–Trinajstić information content (AvgIpc) is 2.76. The maximum absolute atomic E-state index is 13.8. The van der Waals surface area contributed by atoms with Crippen LogP contribution in [0.1, 0.15) is 0 Å². The Hall–Kier alpha value is -0.803. The van der Waals surface area contributed by atoms with Gasteiger partial charge in [-0.3, -0.25) is 0 Å². The standard InChI is InChI=1S/C18H15OP.2C6H18NSi2.Fe/c19-20(16-10-4-1-5-11-16,17-12-6-2-7-13-17)18-14-8-3-9-15-18;2*1-8(2,3)7-9(4,5)6;/h1-15H;2*1-6H3;/q;2*-1;+2. The Kier molecular flexibility index (Phi) is 15.7. The summed E-state index contributed by atoms with van der Waals surface area (Å²) in [4.78, 5) is 0. The smallest absolute Gasteiger partial charge is 0.668 e. The van der Waals surface area contributed by atoms with E-state index in [-0.39, 0.29) is 17.1 Å². The molecule has 0 radical (unpaired) electrons. The minimum atomic E-state index is -2.78.